The fraction of sp³-hybridized carbons (Fsp3) is 0.455. The second-order valence-electron chi connectivity index (χ2n) is 7.73. The quantitative estimate of drug-likeness (QED) is 0.732. The van der Waals surface area contributed by atoms with Gasteiger partial charge in [0.15, 0.2) is 0 Å². The Morgan fingerprint density at radius 2 is 1.15 bits per heavy atom. The number of benzene rings is 2. The molecule has 2 aliphatic rings. The van der Waals surface area contributed by atoms with Crippen molar-refractivity contribution in [1.82, 2.24) is 0 Å². The third kappa shape index (κ3) is 2.89. The number of hydrogen-bond acceptors (Lipinski definition) is 4. The molecule has 0 amide bonds. The first-order valence-electron chi connectivity index (χ1n) is 9.97. The molecule has 2 unspecified atom stereocenters. The molecule has 0 aliphatic carbocycles. The van der Waals surface area contributed by atoms with Gasteiger partial charge in [0.05, 0.1) is 0 Å². The Hall–Kier alpha value is -1.82. The van der Waals surface area contributed by atoms with Gasteiger partial charge in [-0.05, 0) is 62.8 Å². The zero-order valence-electron chi connectivity index (χ0n) is 16.8. The fourth-order valence-electron chi connectivity index (χ4n) is 4.83. The Balaban J connectivity index is 1.90. The van der Waals surface area contributed by atoms with Crippen LogP contribution in [0.4, 0.5) is 11.4 Å². The van der Waals surface area contributed by atoms with E-state index in [0.717, 1.165) is 25.7 Å². The summed E-state index contributed by atoms with van der Waals surface area (Å²) in [5.74, 6) is 0. The Morgan fingerprint density at radius 1 is 0.741 bits per heavy atom. The highest BCUT2D eigenvalue weighted by molar-refractivity contribution is 6.75. The molecule has 0 N–H and O–H groups in total. The standard InChI is InChI=1S/C22H30N2O2Si/c1-17-13-15-19-9-5-7-11-21(19)23(17)27(25-3,26-4)24-18(2)14-16-20-10-6-8-12-22(20)24/h5-12,17-18H,13-16H2,1-4H3. The average Bonchev–Trinajstić information content (AvgIpc) is 2.71. The van der Waals surface area contributed by atoms with Crippen LogP contribution >= 0.6 is 0 Å². The molecule has 0 radical (unpaired) electrons. The van der Waals surface area contributed by atoms with Crippen molar-refractivity contribution in [2.45, 2.75) is 51.6 Å². The molecule has 4 nitrogen and oxygen atoms in total. The van der Waals surface area contributed by atoms with E-state index in [0.29, 0.717) is 12.1 Å². The first-order valence-corrected chi connectivity index (χ1v) is 11.7. The fourth-order valence-corrected chi connectivity index (χ4v) is 8.43. The van der Waals surface area contributed by atoms with Gasteiger partial charge in [0.2, 0.25) is 0 Å². The maximum absolute atomic E-state index is 6.39. The summed E-state index contributed by atoms with van der Waals surface area (Å²) in [6, 6.07) is 18.2. The third-order valence-electron chi connectivity index (χ3n) is 6.19. The van der Waals surface area contributed by atoms with Crippen molar-refractivity contribution >= 4 is 20.3 Å². The Labute approximate surface area is 164 Å². The molecule has 0 bridgehead atoms. The van der Waals surface area contributed by atoms with E-state index in [4.69, 9.17) is 8.85 Å². The van der Waals surface area contributed by atoms with Crippen molar-refractivity contribution in [3.8, 4) is 0 Å². The molecule has 0 aromatic heterocycles. The molecule has 2 aliphatic heterocycles. The number of nitrogens with zero attached hydrogens (tertiary/aromatic N) is 2. The predicted molar refractivity (Wildman–Crippen MR) is 113 cm³/mol. The van der Waals surface area contributed by atoms with Crippen LogP contribution in [0.2, 0.25) is 0 Å². The molecular weight excluding hydrogens is 352 g/mol. The lowest BCUT2D eigenvalue weighted by atomic mass is 9.99. The maximum Gasteiger partial charge on any atom is 0.588 e. The highest BCUT2D eigenvalue weighted by Gasteiger charge is 2.57. The molecule has 0 spiro atoms. The van der Waals surface area contributed by atoms with Gasteiger partial charge in [-0.2, -0.15) is 0 Å². The van der Waals surface area contributed by atoms with Gasteiger partial charge in [-0.15, -0.1) is 0 Å². The monoisotopic (exact) mass is 382 g/mol. The summed E-state index contributed by atoms with van der Waals surface area (Å²) in [5.41, 5.74) is 5.31. The van der Waals surface area contributed by atoms with E-state index in [2.05, 4.69) is 71.5 Å². The van der Waals surface area contributed by atoms with Crippen molar-refractivity contribution in [2.24, 2.45) is 0 Å². The SMILES string of the molecule is CO[Si](OC)(N1c2ccccc2CCC1C)N1c2ccccc2CCC1C. The van der Waals surface area contributed by atoms with Crippen LogP contribution in [0.3, 0.4) is 0 Å². The van der Waals surface area contributed by atoms with Gasteiger partial charge in [0, 0.05) is 37.7 Å². The summed E-state index contributed by atoms with van der Waals surface area (Å²) >= 11 is 0. The van der Waals surface area contributed by atoms with E-state index in [1.54, 1.807) is 0 Å². The normalized spacial score (nSPS) is 22.4. The lowest BCUT2D eigenvalue weighted by molar-refractivity contribution is 0.224. The summed E-state index contributed by atoms with van der Waals surface area (Å²) < 4.78 is 17.7. The lowest BCUT2D eigenvalue weighted by Crippen LogP contribution is -2.75. The minimum absolute atomic E-state index is 0.368. The van der Waals surface area contributed by atoms with Gasteiger partial charge in [-0.1, -0.05) is 36.4 Å². The Bertz CT molecular complexity index is 745. The molecule has 0 fully saturated rings. The van der Waals surface area contributed by atoms with Crippen LogP contribution in [0.5, 0.6) is 0 Å². The molecule has 0 saturated heterocycles. The zero-order chi connectivity index (χ0) is 19.0. The summed E-state index contributed by atoms with van der Waals surface area (Å²) in [4.78, 5) is 0. The largest absolute Gasteiger partial charge is 0.588 e. The van der Waals surface area contributed by atoms with E-state index in [9.17, 15) is 0 Å². The highest BCUT2D eigenvalue weighted by Crippen LogP contribution is 2.41. The molecule has 144 valence electrons. The smallest absolute Gasteiger partial charge is 0.365 e. The average molecular weight is 383 g/mol. The molecule has 0 saturated carbocycles. The van der Waals surface area contributed by atoms with Crippen LogP contribution < -0.4 is 9.13 Å². The Morgan fingerprint density at radius 3 is 1.56 bits per heavy atom. The maximum atomic E-state index is 6.39. The second-order valence-corrected chi connectivity index (χ2v) is 10.6. The highest BCUT2D eigenvalue weighted by atomic mass is 28.4. The summed E-state index contributed by atoms with van der Waals surface area (Å²) in [6.07, 6.45) is 4.44. The summed E-state index contributed by atoms with van der Waals surface area (Å²) in [5, 5.41) is 0. The van der Waals surface area contributed by atoms with Crippen LogP contribution in [0.15, 0.2) is 48.5 Å². The van der Waals surface area contributed by atoms with Crippen LogP contribution in [0.1, 0.15) is 37.8 Å². The number of anilines is 2. The number of hydrogen-bond donors (Lipinski definition) is 0. The molecule has 2 heterocycles. The van der Waals surface area contributed by atoms with E-state index in [-0.39, 0.29) is 0 Å². The lowest BCUT2D eigenvalue weighted by Gasteiger charge is -2.53. The third-order valence-corrected chi connectivity index (χ3v) is 9.83. The number of rotatable bonds is 4. The molecule has 2 aromatic carbocycles. The van der Waals surface area contributed by atoms with Gasteiger partial charge in [-0.3, -0.25) is 0 Å². The van der Waals surface area contributed by atoms with Gasteiger partial charge in [0.1, 0.15) is 0 Å². The minimum atomic E-state index is -2.90. The molecular formula is C22H30N2O2Si. The van der Waals surface area contributed by atoms with Gasteiger partial charge >= 0.3 is 8.88 Å². The molecule has 2 aromatic rings. The Kier molecular flexibility index (Phi) is 5.01. The second kappa shape index (κ2) is 7.30. The first kappa shape index (κ1) is 18.5. The minimum Gasteiger partial charge on any atom is -0.365 e. The number of para-hydroxylation sites is 2. The summed E-state index contributed by atoms with van der Waals surface area (Å²) in [6.45, 7) is 4.60. The van der Waals surface area contributed by atoms with Gasteiger partial charge in [-0.25, -0.2) is 0 Å². The van der Waals surface area contributed by atoms with Crippen LogP contribution in [0, 0.1) is 0 Å². The van der Waals surface area contributed by atoms with E-state index < -0.39 is 8.88 Å². The van der Waals surface area contributed by atoms with Crippen LogP contribution in [0.25, 0.3) is 0 Å². The van der Waals surface area contributed by atoms with Crippen LogP contribution in [-0.4, -0.2) is 35.2 Å². The van der Waals surface area contributed by atoms with Crippen molar-refractivity contribution < 1.29 is 8.85 Å². The van der Waals surface area contributed by atoms with Gasteiger partial charge in [0.25, 0.3) is 0 Å². The molecule has 2 atom stereocenters. The summed E-state index contributed by atoms with van der Waals surface area (Å²) in [7, 11) is 0.742. The molecule has 5 heteroatoms. The van der Waals surface area contributed by atoms with E-state index >= 15 is 0 Å². The van der Waals surface area contributed by atoms with E-state index in [1.165, 1.54) is 22.5 Å². The number of fused-ring (bicyclic) bond motifs is 2. The predicted octanol–water partition coefficient (Wildman–Crippen LogP) is 4.40. The van der Waals surface area contributed by atoms with Crippen LogP contribution in [-0.2, 0) is 21.7 Å². The van der Waals surface area contributed by atoms with Crippen molar-refractivity contribution in [2.75, 3.05) is 23.4 Å². The zero-order valence-corrected chi connectivity index (χ0v) is 17.8. The first-order chi connectivity index (χ1) is 13.1. The number of aryl methyl sites for hydroxylation is 2. The van der Waals surface area contributed by atoms with Crippen molar-refractivity contribution in [3.05, 3.63) is 59.7 Å². The van der Waals surface area contributed by atoms with Crippen molar-refractivity contribution in [3.63, 3.8) is 0 Å². The van der Waals surface area contributed by atoms with Crippen molar-refractivity contribution in [1.29, 1.82) is 0 Å². The van der Waals surface area contributed by atoms with Gasteiger partial charge < -0.3 is 18.0 Å². The topological polar surface area (TPSA) is 24.9 Å². The molecule has 4 rings (SSSR count). The van der Waals surface area contributed by atoms with E-state index in [1.807, 2.05) is 14.2 Å². The molecule has 27 heavy (non-hydrogen) atoms.